The van der Waals surface area contributed by atoms with Crippen LogP contribution in [0.5, 0.6) is 5.75 Å². The van der Waals surface area contributed by atoms with E-state index >= 15 is 0 Å². The minimum absolute atomic E-state index is 0.144. The first-order chi connectivity index (χ1) is 16.1. The van der Waals surface area contributed by atoms with Gasteiger partial charge < -0.3 is 10.1 Å². The number of ether oxygens (including phenoxy) is 1. The second-order valence-corrected chi connectivity index (χ2v) is 9.00. The molecule has 0 radical (unpaired) electrons. The zero-order valence-corrected chi connectivity index (χ0v) is 19.2. The number of methoxy groups -OCH3 is 1. The lowest BCUT2D eigenvalue weighted by molar-refractivity contribution is -0.138. The van der Waals surface area contributed by atoms with Crippen molar-refractivity contribution in [1.29, 1.82) is 0 Å². The fourth-order valence-corrected chi connectivity index (χ4v) is 5.12. The third kappa shape index (κ3) is 4.61. The molecule has 2 aromatic rings. The van der Waals surface area contributed by atoms with Gasteiger partial charge >= 0.3 is 12.2 Å². The maximum Gasteiger partial charge on any atom is 0.416 e. The number of halogens is 3. The van der Waals surface area contributed by atoms with Crippen LogP contribution in [0.15, 0.2) is 48.5 Å². The number of urea groups is 1. The van der Waals surface area contributed by atoms with Crippen molar-refractivity contribution in [3.05, 3.63) is 65.2 Å². The summed E-state index contributed by atoms with van der Waals surface area (Å²) >= 11 is 0. The molecule has 4 rings (SSSR count). The van der Waals surface area contributed by atoms with Crippen LogP contribution >= 0.6 is 0 Å². The van der Waals surface area contributed by atoms with Gasteiger partial charge in [-0.05, 0) is 61.2 Å². The van der Waals surface area contributed by atoms with Crippen LogP contribution < -0.4 is 10.1 Å². The van der Waals surface area contributed by atoms with Crippen LogP contribution in [0.25, 0.3) is 0 Å². The quantitative estimate of drug-likeness (QED) is 0.640. The highest BCUT2D eigenvalue weighted by molar-refractivity contribution is 6.07. The van der Waals surface area contributed by atoms with Gasteiger partial charge in [-0.15, -0.1) is 0 Å². The predicted molar refractivity (Wildman–Crippen MR) is 120 cm³/mol. The van der Waals surface area contributed by atoms with Gasteiger partial charge in [-0.2, -0.15) is 13.2 Å². The maximum atomic E-state index is 13.4. The van der Waals surface area contributed by atoms with Crippen molar-refractivity contribution in [3.8, 4) is 5.75 Å². The molecule has 1 N–H and O–H groups in total. The minimum Gasteiger partial charge on any atom is -0.497 e. The number of carbonyl (C=O) groups is 2. The van der Waals surface area contributed by atoms with E-state index in [0.29, 0.717) is 38.1 Å². The zero-order chi connectivity index (χ0) is 24.5. The molecule has 0 aromatic heterocycles. The number of likely N-dealkylation sites (N-methyl/N-ethyl adjacent to an activating group) is 1. The summed E-state index contributed by atoms with van der Waals surface area (Å²) in [5.41, 5.74) is -0.602. The number of amides is 3. The molecule has 9 heteroatoms. The first-order valence-electron chi connectivity index (χ1n) is 11.2. The number of piperidine rings is 1. The maximum absolute atomic E-state index is 13.4. The highest BCUT2D eigenvalue weighted by Crippen LogP contribution is 2.38. The van der Waals surface area contributed by atoms with Crippen LogP contribution in [0, 0.1) is 5.92 Å². The van der Waals surface area contributed by atoms with Gasteiger partial charge in [-0.3, -0.25) is 14.6 Å². The van der Waals surface area contributed by atoms with E-state index in [9.17, 15) is 22.8 Å². The van der Waals surface area contributed by atoms with Crippen LogP contribution in [-0.4, -0.2) is 54.5 Å². The summed E-state index contributed by atoms with van der Waals surface area (Å²) in [6, 6.07) is 12.6. The lowest BCUT2D eigenvalue weighted by atomic mass is 9.74. The first kappa shape index (κ1) is 24.1. The Kier molecular flexibility index (Phi) is 6.58. The van der Waals surface area contributed by atoms with E-state index in [4.69, 9.17) is 4.74 Å². The van der Waals surface area contributed by atoms with Crippen molar-refractivity contribution >= 4 is 11.9 Å². The Morgan fingerprint density at radius 1 is 1.09 bits per heavy atom. The summed E-state index contributed by atoms with van der Waals surface area (Å²) in [7, 11) is 3.03. The number of alkyl halides is 3. The molecule has 1 unspecified atom stereocenters. The van der Waals surface area contributed by atoms with Crippen LogP contribution in [0.2, 0.25) is 0 Å². The van der Waals surface area contributed by atoms with Gasteiger partial charge in [0.25, 0.3) is 5.91 Å². The van der Waals surface area contributed by atoms with Crippen LogP contribution in [0.1, 0.15) is 29.5 Å². The minimum atomic E-state index is -4.40. The highest BCUT2D eigenvalue weighted by atomic mass is 19.4. The van der Waals surface area contributed by atoms with Gasteiger partial charge in [0.05, 0.1) is 12.7 Å². The number of nitrogens with zero attached hydrogens (tertiary/aromatic N) is 2. The van der Waals surface area contributed by atoms with Crippen LogP contribution in [-0.2, 0) is 23.9 Å². The second-order valence-electron chi connectivity index (χ2n) is 9.00. The average molecular weight is 476 g/mol. The largest absolute Gasteiger partial charge is 0.497 e. The summed E-state index contributed by atoms with van der Waals surface area (Å²) in [4.78, 5) is 28.8. The Morgan fingerprint density at radius 3 is 2.41 bits per heavy atom. The monoisotopic (exact) mass is 475 g/mol. The van der Waals surface area contributed by atoms with Gasteiger partial charge in [0.1, 0.15) is 11.3 Å². The molecule has 2 fully saturated rings. The number of hydrogen-bond donors (Lipinski definition) is 1. The summed E-state index contributed by atoms with van der Waals surface area (Å²) in [5, 5.41) is 2.95. The Bertz CT molecular complexity index is 1070. The Labute approximate surface area is 196 Å². The van der Waals surface area contributed by atoms with E-state index in [2.05, 4.69) is 5.32 Å². The molecule has 3 amide bonds. The number of imide groups is 1. The van der Waals surface area contributed by atoms with E-state index in [1.54, 1.807) is 13.2 Å². The molecule has 1 atom stereocenters. The second kappa shape index (κ2) is 9.29. The van der Waals surface area contributed by atoms with Crippen LogP contribution in [0.4, 0.5) is 18.0 Å². The smallest absolute Gasteiger partial charge is 0.416 e. The summed E-state index contributed by atoms with van der Waals surface area (Å²) in [6.07, 6.45) is -2.92. The molecule has 2 aliphatic heterocycles. The van der Waals surface area contributed by atoms with Crippen molar-refractivity contribution < 1.29 is 27.5 Å². The molecule has 0 aliphatic carbocycles. The number of hydrogen-bond acceptors (Lipinski definition) is 4. The van der Waals surface area contributed by atoms with E-state index in [1.165, 1.54) is 19.2 Å². The third-order valence-electron chi connectivity index (χ3n) is 6.94. The lowest BCUT2D eigenvalue weighted by Gasteiger charge is -2.41. The van der Waals surface area contributed by atoms with Gasteiger partial charge in [0, 0.05) is 20.0 Å². The van der Waals surface area contributed by atoms with E-state index in [0.717, 1.165) is 16.5 Å². The number of nitrogens with one attached hydrogen (secondary N) is 1. The molecule has 182 valence electrons. The number of rotatable bonds is 6. The fourth-order valence-electron chi connectivity index (χ4n) is 5.12. The Morgan fingerprint density at radius 2 is 1.79 bits per heavy atom. The molecular formula is C25H28F3N3O3. The molecule has 2 saturated heterocycles. The van der Waals surface area contributed by atoms with Crippen molar-refractivity contribution in [1.82, 2.24) is 15.1 Å². The van der Waals surface area contributed by atoms with Crippen molar-refractivity contribution in [3.63, 3.8) is 0 Å². The average Bonchev–Trinajstić information content (AvgIpc) is 3.03. The summed E-state index contributed by atoms with van der Waals surface area (Å²) in [6.45, 7) is 1.25. The van der Waals surface area contributed by atoms with Crippen LogP contribution in [0.3, 0.4) is 0 Å². The van der Waals surface area contributed by atoms with Crippen molar-refractivity contribution in [2.75, 3.05) is 27.2 Å². The zero-order valence-electron chi connectivity index (χ0n) is 19.2. The third-order valence-corrected chi connectivity index (χ3v) is 6.94. The molecule has 0 bridgehead atoms. The van der Waals surface area contributed by atoms with E-state index in [1.807, 2.05) is 29.2 Å². The molecule has 2 aliphatic rings. The predicted octanol–water partition coefficient (Wildman–Crippen LogP) is 4.09. The van der Waals surface area contributed by atoms with E-state index < -0.39 is 23.3 Å². The standard InChI is InChI=1S/C25H28F3N3O3/c1-30-22(32)24(29-23(30)33,15-17-6-5-8-20(14-17)34-2)19-10-12-31(13-11-19)16-18-7-3-4-9-21(18)25(26,27)28/h3-9,14,19H,10-13,15-16H2,1-2H3,(H,29,33). The fraction of sp³-hybridized carbons (Fsp3) is 0.440. The normalized spacial score (nSPS) is 22.2. The summed E-state index contributed by atoms with van der Waals surface area (Å²) in [5.74, 6) is 0.242. The topological polar surface area (TPSA) is 61.9 Å². The van der Waals surface area contributed by atoms with Crippen molar-refractivity contribution in [2.24, 2.45) is 5.92 Å². The van der Waals surface area contributed by atoms with Gasteiger partial charge in [-0.1, -0.05) is 30.3 Å². The lowest BCUT2D eigenvalue weighted by Crippen LogP contribution is -2.57. The van der Waals surface area contributed by atoms with Gasteiger partial charge in [0.2, 0.25) is 0 Å². The molecule has 2 aromatic carbocycles. The molecule has 34 heavy (non-hydrogen) atoms. The summed E-state index contributed by atoms with van der Waals surface area (Å²) < 4.78 is 45.5. The first-order valence-corrected chi connectivity index (χ1v) is 11.2. The SMILES string of the molecule is COc1cccc(CC2(C3CCN(Cc4ccccc4C(F)(F)F)CC3)NC(=O)N(C)C2=O)c1. The van der Waals surface area contributed by atoms with Gasteiger partial charge in [0.15, 0.2) is 0 Å². The van der Waals surface area contributed by atoms with Crippen molar-refractivity contribution in [2.45, 2.75) is 37.5 Å². The highest BCUT2D eigenvalue weighted by Gasteiger charge is 2.54. The molecule has 0 saturated carbocycles. The van der Waals surface area contributed by atoms with E-state index in [-0.39, 0.29) is 23.9 Å². The number of likely N-dealkylation sites (tertiary alicyclic amines) is 1. The number of benzene rings is 2. The Balaban J connectivity index is 1.52. The molecular weight excluding hydrogens is 447 g/mol. The molecule has 0 spiro atoms. The molecule has 6 nitrogen and oxygen atoms in total. The number of carbonyl (C=O) groups excluding carboxylic acids is 2. The Hall–Kier alpha value is -3.07. The van der Waals surface area contributed by atoms with Gasteiger partial charge in [-0.25, -0.2) is 4.79 Å². The molecule has 2 heterocycles.